The zero-order valence-electron chi connectivity index (χ0n) is 14.4. The number of benzene rings is 1. The van der Waals surface area contributed by atoms with E-state index in [-0.39, 0.29) is 11.5 Å². The van der Waals surface area contributed by atoms with Gasteiger partial charge in [0.1, 0.15) is 5.82 Å². The molecule has 1 amide bonds. The number of hydrogen-bond donors (Lipinski definition) is 1. The Labute approximate surface area is 146 Å². The summed E-state index contributed by atoms with van der Waals surface area (Å²) in [7, 11) is 0. The molecule has 25 heavy (non-hydrogen) atoms. The van der Waals surface area contributed by atoms with Gasteiger partial charge < -0.3 is 9.88 Å². The molecule has 0 aliphatic carbocycles. The van der Waals surface area contributed by atoms with E-state index in [0.717, 1.165) is 19.6 Å². The van der Waals surface area contributed by atoms with Gasteiger partial charge in [-0.15, -0.1) is 0 Å². The van der Waals surface area contributed by atoms with E-state index in [1.54, 1.807) is 11.8 Å². The fourth-order valence-electron chi connectivity index (χ4n) is 3.67. The fourth-order valence-corrected chi connectivity index (χ4v) is 3.67. The van der Waals surface area contributed by atoms with Gasteiger partial charge in [-0.1, -0.05) is 12.1 Å². The molecule has 1 aromatic heterocycles. The molecule has 0 atom stereocenters. The van der Waals surface area contributed by atoms with Crippen LogP contribution in [0.5, 0.6) is 0 Å². The van der Waals surface area contributed by atoms with Crippen molar-refractivity contribution in [3.63, 3.8) is 0 Å². The Morgan fingerprint density at radius 1 is 1.16 bits per heavy atom. The average Bonchev–Trinajstić information content (AvgIpc) is 3.24. The number of fused-ring (bicyclic) bond motifs is 1. The summed E-state index contributed by atoms with van der Waals surface area (Å²) in [4.78, 5) is 35.9. The topological polar surface area (TPSA) is 69.3 Å². The number of aryl methyl sites for hydroxylation is 1. The maximum Gasteiger partial charge on any atom is 0.256 e. The number of aromatic nitrogens is 2. The lowest BCUT2D eigenvalue weighted by atomic mass is 10.1. The van der Waals surface area contributed by atoms with Crippen LogP contribution in [0.25, 0.3) is 0 Å². The first-order chi connectivity index (χ1) is 12.1. The summed E-state index contributed by atoms with van der Waals surface area (Å²) in [5, 5.41) is 0. The number of nitrogens with zero attached hydrogens (tertiary/aromatic N) is 3. The quantitative estimate of drug-likeness (QED) is 0.927. The van der Waals surface area contributed by atoms with Crippen LogP contribution in [0.3, 0.4) is 0 Å². The van der Waals surface area contributed by atoms with Crippen molar-refractivity contribution in [1.29, 1.82) is 0 Å². The molecule has 130 valence electrons. The third-order valence-corrected chi connectivity index (χ3v) is 5.00. The zero-order valence-corrected chi connectivity index (χ0v) is 14.4. The van der Waals surface area contributed by atoms with Crippen LogP contribution in [0.1, 0.15) is 45.8 Å². The predicted molar refractivity (Wildman–Crippen MR) is 94.1 cm³/mol. The average molecular weight is 338 g/mol. The van der Waals surface area contributed by atoms with Crippen molar-refractivity contribution in [2.45, 2.75) is 39.4 Å². The summed E-state index contributed by atoms with van der Waals surface area (Å²) in [6.07, 6.45) is 2.55. The molecule has 2 aliphatic rings. The number of likely N-dealkylation sites (tertiary alicyclic amines) is 1. The molecule has 3 heterocycles. The Kier molecular flexibility index (Phi) is 4.13. The van der Waals surface area contributed by atoms with E-state index in [1.807, 2.05) is 24.3 Å². The summed E-state index contributed by atoms with van der Waals surface area (Å²) in [6.45, 7) is 5.75. The lowest BCUT2D eigenvalue weighted by molar-refractivity contribution is 0.0750. The fraction of sp³-hybridized carbons (Fsp3) is 0.421. The van der Waals surface area contributed by atoms with Gasteiger partial charge in [-0.25, -0.2) is 4.98 Å². The second-order valence-corrected chi connectivity index (χ2v) is 6.92. The Balaban J connectivity index is 1.46. The van der Waals surface area contributed by atoms with Gasteiger partial charge in [0.25, 0.3) is 11.5 Å². The Bertz CT molecular complexity index is 851. The van der Waals surface area contributed by atoms with Gasteiger partial charge in [0.05, 0.1) is 24.3 Å². The van der Waals surface area contributed by atoms with Gasteiger partial charge in [0, 0.05) is 12.1 Å². The molecular formula is C19H22N4O2. The Morgan fingerprint density at radius 3 is 2.60 bits per heavy atom. The third kappa shape index (κ3) is 3.22. The van der Waals surface area contributed by atoms with Crippen LogP contribution in [-0.4, -0.2) is 38.8 Å². The second-order valence-electron chi connectivity index (χ2n) is 6.92. The summed E-state index contributed by atoms with van der Waals surface area (Å²) in [5.41, 5.74) is 3.06. The summed E-state index contributed by atoms with van der Waals surface area (Å²) >= 11 is 0. The Morgan fingerprint density at radius 2 is 1.88 bits per heavy atom. The van der Waals surface area contributed by atoms with Crippen molar-refractivity contribution >= 4 is 5.91 Å². The van der Waals surface area contributed by atoms with E-state index in [4.69, 9.17) is 0 Å². The first-order valence-electron chi connectivity index (χ1n) is 8.79. The minimum Gasteiger partial charge on any atom is -0.328 e. The molecule has 0 saturated carbocycles. The van der Waals surface area contributed by atoms with Crippen molar-refractivity contribution in [2.24, 2.45) is 0 Å². The lowest BCUT2D eigenvalue weighted by Gasteiger charge is -2.17. The molecule has 1 saturated heterocycles. The Hall–Kier alpha value is -2.47. The minimum absolute atomic E-state index is 0.0530. The summed E-state index contributed by atoms with van der Waals surface area (Å²) in [5.74, 6) is 0.534. The molecule has 0 unspecified atom stereocenters. The van der Waals surface area contributed by atoms with Crippen molar-refractivity contribution < 1.29 is 4.79 Å². The molecule has 1 N–H and O–H groups in total. The van der Waals surface area contributed by atoms with Crippen LogP contribution in [0, 0.1) is 6.92 Å². The first kappa shape index (κ1) is 16.0. The molecule has 2 aliphatic heterocycles. The van der Waals surface area contributed by atoms with E-state index in [0.29, 0.717) is 35.7 Å². The lowest BCUT2D eigenvalue weighted by Crippen LogP contribution is -2.26. The van der Waals surface area contributed by atoms with E-state index < -0.39 is 0 Å². The number of aromatic amines is 1. The highest BCUT2D eigenvalue weighted by atomic mass is 16.2. The molecule has 1 aromatic carbocycles. The predicted octanol–water partition coefficient (Wildman–Crippen LogP) is 1.83. The van der Waals surface area contributed by atoms with E-state index in [1.165, 1.54) is 18.4 Å². The summed E-state index contributed by atoms with van der Waals surface area (Å²) < 4.78 is 0. The number of nitrogens with one attached hydrogen (secondary N) is 1. The highest BCUT2D eigenvalue weighted by Gasteiger charge is 2.27. The number of carbonyl (C=O) groups is 1. The van der Waals surface area contributed by atoms with Crippen molar-refractivity contribution in [3.05, 3.63) is 62.8 Å². The molecule has 0 spiro atoms. The smallest absolute Gasteiger partial charge is 0.256 e. The number of amides is 1. The van der Waals surface area contributed by atoms with Crippen LogP contribution in [0.15, 0.2) is 29.1 Å². The molecule has 6 heteroatoms. The first-order valence-corrected chi connectivity index (χ1v) is 8.79. The monoisotopic (exact) mass is 338 g/mol. The SMILES string of the molecule is Cc1nc2c(c(=O)[nH]1)CN(C(=O)c1ccc(CN3CCCC3)cc1)C2. The molecule has 0 bridgehead atoms. The van der Waals surface area contributed by atoms with Gasteiger partial charge >= 0.3 is 0 Å². The standard InChI is InChI=1S/C19H22N4O2/c1-13-20-17-12-23(11-16(17)18(24)21-13)19(25)15-6-4-14(5-7-15)10-22-8-2-3-9-22/h4-7H,2-3,8-12H2,1H3,(H,20,21,24). The van der Waals surface area contributed by atoms with Crippen LogP contribution in [0.2, 0.25) is 0 Å². The number of rotatable bonds is 3. The minimum atomic E-state index is -0.140. The van der Waals surface area contributed by atoms with Gasteiger partial charge in [-0.2, -0.15) is 0 Å². The van der Waals surface area contributed by atoms with Crippen molar-refractivity contribution in [1.82, 2.24) is 19.8 Å². The number of H-pyrrole nitrogens is 1. The van der Waals surface area contributed by atoms with E-state index in [2.05, 4.69) is 14.9 Å². The van der Waals surface area contributed by atoms with Crippen molar-refractivity contribution in [3.8, 4) is 0 Å². The maximum absolute atomic E-state index is 12.7. The van der Waals surface area contributed by atoms with Crippen LogP contribution in [0.4, 0.5) is 0 Å². The van der Waals surface area contributed by atoms with Crippen LogP contribution >= 0.6 is 0 Å². The molecule has 1 fully saturated rings. The van der Waals surface area contributed by atoms with Crippen molar-refractivity contribution in [2.75, 3.05) is 13.1 Å². The van der Waals surface area contributed by atoms with Crippen LogP contribution in [-0.2, 0) is 19.6 Å². The highest BCUT2D eigenvalue weighted by Crippen LogP contribution is 2.21. The third-order valence-electron chi connectivity index (χ3n) is 5.00. The molecule has 2 aromatic rings. The van der Waals surface area contributed by atoms with Gasteiger partial charge in [0.2, 0.25) is 0 Å². The largest absolute Gasteiger partial charge is 0.328 e. The molecule has 4 rings (SSSR count). The van der Waals surface area contributed by atoms with Gasteiger partial charge in [-0.3, -0.25) is 14.5 Å². The number of carbonyl (C=O) groups excluding carboxylic acids is 1. The maximum atomic E-state index is 12.7. The van der Waals surface area contributed by atoms with Gasteiger partial charge in [0.15, 0.2) is 0 Å². The molecule has 6 nitrogen and oxygen atoms in total. The number of hydrogen-bond acceptors (Lipinski definition) is 4. The summed E-state index contributed by atoms with van der Waals surface area (Å²) in [6, 6.07) is 7.84. The molecule has 0 radical (unpaired) electrons. The highest BCUT2D eigenvalue weighted by molar-refractivity contribution is 5.94. The van der Waals surface area contributed by atoms with Crippen LogP contribution < -0.4 is 5.56 Å². The van der Waals surface area contributed by atoms with Gasteiger partial charge in [-0.05, 0) is 50.6 Å². The van der Waals surface area contributed by atoms with E-state index >= 15 is 0 Å². The molecular weight excluding hydrogens is 316 g/mol. The second kappa shape index (κ2) is 6.44. The normalized spacial score (nSPS) is 17.1. The zero-order chi connectivity index (χ0) is 17.4. The van der Waals surface area contributed by atoms with E-state index in [9.17, 15) is 9.59 Å².